The van der Waals surface area contributed by atoms with Crippen LogP contribution in [0.15, 0.2) is 18.2 Å². The highest BCUT2D eigenvalue weighted by Crippen LogP contribution is 2.37. The number of carboxylic acids is 2. The van der Waals surface area contributed by atoms with E-state index in [0.29, 0.717) is 24.7 Å². The van der Waals surface area contributed by atoms with Crippen molar-refractivity contribution in [1.82, 2.24) is 0 Å². The number of carbonyl (C=O) groups is 2. The minimum Gasteiger partial charge on any atom is -0.481 e. The van der Waals surface area contributed by atoms with Gasteiger partial charge in [-0.25, -0.2) is 0 Å². The van der Waals surface area contributed by atoms with E-state index in [9.17, 15) is 19.8 Å². The van der Waals surface area contributed by atoms with Gasteiger partial charge in [-0.1, -0.05) is 97.8 Å². The third-order valence-corrected chi connectivity index (χ3v) is 6.92. The quantitative estimate of drug-likeness (QED) is 0.197. The molecule has 0 radical (unpaired) electrons. The van der Waals surface area contributed by atoms with Crippen molar-refractivity contribution >= 4 is 11.9 Å². The van der Waals surface area contributed by atoms with E-state index >= 15 is 0 Å². The number of unbranched alkanes of at least 4 members (excludes halogenated alkanes) is 7. The van der Waals surface area contributed by atoms with E-state index < -0.39 is 23.8 Å². The van der Waals surface area contributed by atoms with Gasteiger partial charge in [-0.3, -0.25) is 9.59 Å². The van der Waals surface area contributed by atoms with Crippen molar-refractivity contribution in [2.24, 2.45) is 11.8 Å². The lowest BCUT2D eigenvalue weighted by Crippen LogP contribution is -2.21. The van der Waals surface area contributed by atoms with Gasteiger partial charge < -0.3 is 10.2 Å². The van der Waals surface area contributed by atoms with E-state index in [-0.39, 0.29) is 0 Å². The summed E-state index contributed by atoms with van der Waals surface area (Å²) in [5.74, 6) is -2.18. The average Bonchev–Trinajstić information content (AvgIpc) is 2.76. The Labute approximate surface area is 208 Å². The molecule has 1 aromatic rings. The summed E-state index contributed by atoms with van der Waals surface area (Å²) in [6.45, 7) is 10.6. The van der Waals surface area contributed by atoms with Crippen LogP contribution < -0.4 is 0 Å². The topological polar surface area (TPSA) is 74.6 Å². The number of hydrogen-bond donors (Lipinski definition) is 2. The van der Waals surface area contributed by atoms with Crippen molar-refractivity contribution in [2.75, 3.05) is 0 Å². The third kappa shape index (κ3) is 11.1. The Kier molecular flexibility index (Phi) is 14.9. The summed E-state index contributed by atoms with van der Waals surface area (Å²) in [5.41, 5.74) is 2.55. The van der Waals surface area contributed by atoms with Gasteiger partial charge in [0.2, 0.25) is 0 Å². The predicted octanol–water partition coefficient (Wildman–Crippen LogP) is 8.58. The summed E-state index contributed by atoms with van der Waals surface area (Å²) in [4.78, 5) is 24.7. The third-order valence-electron chi connectivity index (χ3n) is 6.92. The molecule has 2 N–H and O–H groups in total. The summed E-state index contributed by atoms with van der Waals surface area (Å²) >= 11 is 0. The summed E-state index contributed by atoms with van der Waals surface area (Å²) in [5, 5.41) is 20.3. The van der Waals surface area contributed by atoms with Gasteiger partial charge in [-0.2, -0.15) is 0 Å². The normalized spacial score (nSPS) is 13.4. The van der Waals surface area contributed by atoms with Crippen LogP contribution in [0.1, 0.15) is 140 Å². The fourth-order valence-corrected chi connectivity index (χ4v) is 4.83. The van der Waals surface area contributed by atoms with Crippen molar-refractivity contribution in [2.45, 2.75) is 130 Å². The maximum atomic E-state index is 12.4. The zero-order valence-electron chi connectivity index (χ0n) is 22.4. The number of benzene rings is 1. The fraction of sp³-hybridized carbons (Fsp3) is 0.733. The average molecular weight is 475 g/mol. The van der Waals surface area contributed by atoms with Gasteiger partial charge in [0.1, 0.15) is 0 Å². The molecule has 0 heterocycles. The minimum absolute atomic E-state index is 0.404. The molecule has 0 aromatic heterocycles. The molecule has 0 amide bonds. The van der Waals surface area contributed by atoms with Crippen molar-refractivity contribution in [3.8, 4) is 0 Å². The van der Waals surface area contributed by atoms with Crippen LogP contribution in [0, 0.1) is 11.8 Å². The van der Waals surface area contributed by atoms with Gasteiger partial charge in [0.25, 0.3) is 0 Å². The Hall–Kier alpha value is -1.84. The number of aliphatic carboxylic acids is 2. The van der Waals surface area contributed by atoms with E-state index in [2.05, 4.69) is 34.6 Å². The van der Waals surface area contributed by atoms with Crippen LogP contribution in [0.2, 0.25) is 0 Å². The van der Waals surface area contributed by atoms with E-state index in [1.807, 2.05) is 18.2 Å². The first-order valence-electron chi connectivity index (χ1n) is 13.8. The molecule has 0 saturated heterocycles. The monoisotopic (exact) mass is 474 g/mol. The number of rotatable bonds is 19. The van der Waals surface area contributed by atoms with Gasteiger partial charge in [0, 0.05) is 0 Å². The lowest BCUT2D eigenvalue weighted by Gasteiger charge is -2.25. The lowest BCUT2D eigenvalue weighted by atomic mass is 9.78. The molecule has 1 rings (SSSR count). The molecule has 194 valence electrons. The van der Waals surface area contributed by atoms with Crippen LogP contribution in [-0.2, 0) is 16.0 Å². The molecule has 2 unspecified atom stereocenters. The zero-order valence-corrected chi connectivity index (χ0v) is 22.4. The Bertz CT molecular complexity index is 723. The molecule has 0 spiro atoms. The molecule has 2 atom stereocenters. The van der Waals surface area contributed by atoms with Gasteiger partial charge in [0.15, 0.2) is 0 Å². The fourth-order valence-electron chi connectivity index (χ4n) is 4.83. The molecule has 1 aromatic carbocycles. The Morgan fingerprint density at radius 3 is 1.71 bits per heavy atom. The molecular formula is C30H50O4. The van der Waals surface area contributed by atoms with Crippen molar-refractivity contribution in [3.63, 3.8) is 0 Å². The summed E-state index contributed by atoms with van der Waals surface area (Å²) in [6.07, 6.45) is 13.3. The highest BCUT2D eigenvalue weighted by molar-refractivity contribution is 5.81. The minimum atomic E-state index is -0.848. The first kappa shape index (κ1) is 30.2. The second kappa shape index (κ2) is 16.7. The molecule has 0 aliphatic heterocycles. The summed E-state index contributed by atoms with van der Waals surface area (Å²) in [7, 11) is 0. The largest absolute Gasteiger partial charge is 0.481 e. The first-order valence-corrected chi connectivity index (χ1v) is 13.8. The van der Waals surface area contributed by atoms with E-state index in [1.165, 1.54) is 38.5 Å². The first-order chi connectivity index (χ1) is 16.2. The summed E-state index contributed by atoms with van der Waals surface area (Å²) in [6, 6.07) is 5.84. The smallest absolute Gasteiger partial charge is 0.310 e. The zero-order chi connectivity index (χ0) is 25.5. The summed E-state index contributed by atoms with van der Waals surface area (Å²) < 4.78 is 0. The van der Waals surface area contributed by atoms with Crippen LogP contribution >= 0.6 is 0 Å². The van der Waals surface area contributed by atoms with Crippen molar-refractivity contribution < 1.29 is 19.8 Å². The van der Waals surface area contributed by atoms with Crippen molar-refractivity contribution in [3.05, 3.63) is 34.9 Å². The van der Waals surface area contributed by atoms with E-state index in [4.69, 9.17) is 0 Å². The van der Waals surface area contributed by atoms with Crippen LogP contribution in [0.25, 0.3) is 0 Å². The number of carboxylic acid groups (broad SMARTS) is 2. The Balaban J connectivity index is 3.17. The molecule has 0 aliphatic rings. The number of hydrogen-bond acceptors (Lipinski definition) is 2. The second-order valence-corrected chi connectivity index (χ2v) is 10.9. The SMILES string of the molecule is CCCCCCCCCCc1cccc(C(CCC(C)C)C(=O)O)c1C(CCC(C)C)C(=O)O. The van der Waals surface area contributed by atoms with Crippen LogP contribution in [0.5, 0.6) is 0 Å². The maximum Gasteiger partial charge on any atom is 0.310 e. The van der Waals surface area contributed by atoms with Crippen LogP contribution in [0.4, 0.5) is 0 Å². The Morgan fingerprint density at radius 1 is 0.706 bits per heavy atom. The highest BCUT2D eigenvalue weighted by atomic mass is 16.4. The van der Waals surface area contributed by atoms with Crippen molar-refractivity contribution in [1.29, 1.82) is 0 Å². The van der Waals surface area contributed by atoms with E-state index in [1.54, 1.807) is 0 Å². The molecular weight excluding hydrogens is 424 g/mol. The van der Waals surface area contributed by atoms with Gasteiger partial charge in [0.05, 0.1) is 11.8 Å². The van der Waals surface area contributed by atoms with Gasteiger partial charge in [-0.05, 0) is 67.1 Å². The molecule has 4 heteroatoms. The number of aryl methyl sites for hydroxylation is 1. The van der Waals surface area contributed by atoms with Crippen LogP contribution in [0.3, 0.4) is 0 Å². The van der Waals surface area contributed by atoms with Crippen LogP contribution in [-0.4, -0.2) is 22.2 Å². The molecule has 4 nitrogen and oxygen atoms in total. The second-order valence-electron chi connectivity index (χ2n) is 10.9. The molecule has 0 fully saturated rings. The lowest BCUT2D eigenvalue weighted by molar-refractivity contribution is -0.140. The van der Waals surface area contributed by atoms with E-state index in [0.717, 1.165) is 48.8 Å². The van der Waals surface area contributed by atoms with Gasteiger partial charge in [-0.15, -0.1) is 0 Å². The Morgan fingerprint density at radius 2 is 1.21 bits per heavy atom. The molecule has 0 bridgehead atoms. The highest BCUT2D eigenvalue weighted by Gasteiger charge is 2.31. The molecule has 0 saturated carbocycles. The maximum absolute atomic E-state index is 12.4. The van der Waals surface area contributed by atoms with Gasteiger partial charge >= 0.3 is 11.9 Å². The standard InChI is InChI=1S/C30H50O4/c1-6-7-8-9-10-11-12-13-15-24-16-14-17-25(26(29(31)32)20-18-22(2)3)28(24)27(30(33)34)21-19-23(4)5/h14,16-17,22-23,26-27H,6-13,15,18-21H2,1-5H3,(H,31,32)(H,33,34). The predicted molar refractivity (Wildman–Crippen MR) is 142 cm³/mol. The molecule has 0 aliphatic carbocycles. The molecule has 34 heavy (non-hydrogen) atoms.